The van der Waals surface area contributed by atoms with Gasteiger partial charge in [0.1, 0.15) is 10.8 Å². The van der Waals surface area contributed by atoms with Crippen molar-refractivity contribution < 1.29 is 14.3 Å². The van der Waals surface area contributed by atoms with Crippen LogP contribution in [0.1, 0.15) is 30.3 Å². The summed E-state index contributed by atoms with van der Waals surface area (Å²) in [5, 5.41) is 12.1. The van der Waals surface area contributed by atoms with Crippen LogP contribution in [-0.2, 0) is 9.53 Å². The summed E-state index contributed by atoms with van der Waals surface area (Å²) in [7, 11) is 1.57. The maximum Gasteiger partial charge on any atom is 0.250 e. The van der Waals surface area contributed by atoms with Gasteiger partial charge in [0.25, 0.3) is 0 Å². The molecule has 2 rings (SSSR count). The van der Waals surface area contributed by atoms with Crippen LogP contribution in [0.25, 0.3) is 6.08 Å². The Morgan fingerprint density at radius 1 is 1.30 bits per heavy atom. The summed E-state index contributed by atoms with van der Waals surface area (Å²) in [6.07, 6.45) is 3.18. The number of amides is 1. The molecule has 0 bridgehead atoms. The third kappa shape index (κ3) is 5.46. The molecule has 122 valence electrons. The van der Waals surface area contributed by atoms with Crippen molar-refractivity contribution in [3.05, 3.63) is 40.9 Å². The topological polar surface area (TPSA) is 73.3 Å². The fraction of sp³-hybridized carbons (Fsp3) is 0.312. The van der Waals surface area contributed by atoms with E-state index in [2.05, 4.69) is 15.5 Å². The summed E-state index contributed by atoms with van der Waals surface area (Å²) in [5.41, 5.74) is 0.894. The highest BCUT2D eigenvalue weighted by atomic mass is 32.1. The second kappa shape index (κ2) is 8.40. The Kier molecular flexibility index (Phi) is 6.25. The van der Waals surface area contributed by atoms with Crippen LogP contribution >= 0.6 is 11.3 Å². The number of rotatable bonds is 7. The average Bonchev–Trinajstić information content (AvgIpc) is 3.00. The maximum atomic E-state index is 11.9. The highest BCUT2D eigenvalue weighted by Crippen LogP contribution is 2.22. The zero-order chi connectivity index (χ0) is 16.7. The molecule has 1 aromatic heterocycles. The molecular weight excluding hydrogens is 314 g/mol. The summed E-state index contributed by atoms with van der Waals surface area (Å²) < 4.78 is 10.1. The van der Waals surface area contributed by atoms with E-state index < -0.39 is 0 Å². The largest absolute Gasteiger partial charge is 0.468 e. The molecule has 0 aliphatic rings. The molecule has 7 heteroatoms. The normalized spacial score (nSPS) is 11.1. The first-order valence-corrected chi connectivity index (χ1v) is 7.94. The van der Waals surface area contributed by atoms with Crippen molar-refractivity contribution in [3.63, 3.8) is 0 Å². The van der Waals surface area contributed by atoms with Gasteiger partial charge in [-0.15, -0.1) is 10.2 Å². The number of nitrogens with one attached hydrogen (secondary N) is 1. The van der Waals surface area contributed by atoms with Crippen LogP contribution in [0.5, 0.6) is 5.75 Å². The third-order valence-corrected chi connectivity index (χ3v) is 3.95. The predicted molar refractivity (Wildman–Crippen MR) is 90.6 cm³/mol. The number of aromatic nitrogens is 2. The van der Waals surface area contributed by atoms with Crippen LogP contribution in [0.2, 0.25) is 0 Å². The van der Waals surface area contributed by atoms with Gasteiger partial charge >= 0.3 is 0 Å². The molecule has 0 saturated carbocycles. The number of carbonyl (C=O) groups excluding carboxylic acids is 1. The zero-order valence-electron chi connectivity index (χ0n) is 13.3. The molecule has 0 saturated heterocycles. The van der Waals surface area contributed by atoms with Gasteiger partial charge in [0.2, 0.25) is 11.0 Å². The lowest BCUT2D eigenvalue weighted by Gasteiger charge is -2.04. The molecule has 1 aromatic carbocycles. The smallest absolute Gasteiger partial charge is 0.250 e. The van der Waals surface area contributed by atoms with E-state index in [9.17, 15) is 4.79 Å². The average molecular weight is 333 g/mol. The Morgan fingerprint density at radius 3 is 2.65 bits per heavy atom. The number of carbonyl (C=O) groups is 1. The molecule has 0 aliphatic heterocycles. The van der Waals surface area contributed by atoms with Gasteiger partial charge in [-0.2, -0.15) is 0 Å². The Balaban J connectivity index is 1.89. The zero-order valence-corrected chi connectivity index (χ0v) is 14.1. The summed E-state index contributed by atoms with van der Waals surface area (Å²) in [4.78, 5) is 11.9. The fourth-order valence-electron chi connectivity index (χ4n) is 1.64. The molecule has 6 nitrogen and oxygen atoms in total. The van der Waals surface area contributed by atoms with Crippen molar-refractivity contribution in [2.75, 3.05) is 19.2 Å². The van der Waals surface area contributed by atoms with Crippen molar-refractivity contribution in [1.29, 1.82) is 0 Å². The van der Waals surface area contributed by atoms with Gasteiger partial charge in [0.15, 0.2) is 6.79 Å². The van der Waals surface area contributed by atoms with Gasteiger partial charge in [0, 0.05) is 19.1 Å². The second-order valence-corrected chi connectivity index (χ2v) is 6.05. The Bertz CT molecular complexity index is 665. The second-order valence-electron chi connectivity index (χ2n) is 5.04. The van der Waals surface area contributed by atoms with Gasteiger partial charge in [-0.3, -0.25) is 10.1 Å². The van der Waals surface area contributed by atoms with Crippen LogP contribution in [-0.4, -0.2) is 30.0 Å². The Morgan fingerprint density at radius 2 is 2.04 bits per heavy atom. The molecule has 0 spiro atoms. The van der Waals surface area contributed by atoms with E-state index >= 15 is 0 Å². The van der Waals surface area contributed by atoms with Gasteiger partial charge in [0.05, 0.1) is 0 Å². The summed E-state index contributed by atoms with van der Waals surface area (Å²) in [6.45, 7) is 4.27. The molecule has 0 fully saturated rings. The Labute approximate surface area is 139 Å². The van der Waals surface area contributed by atoms with Gasteiger partial charge in [-0.25, -0.2) is 0 Å². The molecule has 0 aliphatic carbocycles. The first-order valence-electron chi connectivity index (χ1n) is 7.12. The monoisotopic (exact) mass is 333 g/mol. The number of anilines is 1. The lowest BCUT2D eigenvalue weighted by atomic mass is 10.2. The van der Waals surface area contributed by atoms with Crippen molar-refractivity contribution in [2.45, 2.75) is 19.8 Å². The summed E-state index contributed by atoms with van der Waals surface area (Å²) >= 11 is 1.38. The quantitative estimate of drug-likeness (QED) is 0.622. The molecule has 0 radical (unpaired) electrons. The molecule has 1 amide bonds. The minimum absolute atomic E-state index is 0.206. The first kappa shape index (κ1) is 17.1. The van der Waals surface area contributed by atoms with Gasteiger partial charge in [-0.05, 0) is 23.8 Å². The van der Waals surface area contributed by atoms with Crippen LogP contribution in [0.3, 0.4) is 0 Å². The van der Waals surface area contributed by atoms with Crippen molar-refractivity contribution in [1.82, 2.24) is 10.2 Å². The standard InChI is InChI=1S/C16H19N3O3S/c1-11(2)15-18-19-16(23-15)17-14(20)9-6-12-4-7-13(8-5-12)22-10-21-3/h4-9,11H,10H2,1-3H3,(H,17,19,20)/b9-6+. The van der Waals surface area contributed by atoms with E-state index in [-0.39, 0.29) is 12.7 Å². The minimum atomic E-state index is -0.240. The van der Waals surface area contributed by atoms with Crippen LogP contribution in [0.4, 0.5) is 5.13 Å². The van der Waals surface area contributed by atoms with Crippen molar-refractivity contribution >= 4 is 28.5 Å². The molecule has 2 aromatic rings. The lowest BCUT2D eigenvalue weighted by molar-refractivity contribution is -0.111. The van der Waals surface area contributed by atoms with Gasteiger partial charge < -0.3 is 9.47 Å². The van der Waals surface area contributed by atoms with E-state index in [1.54, 1.807) is 13.2 Å². The number of methoxy groups -OCH3 is 1. The number of hydrogen-bond donors (Lipinski definition) is 1. The Hall–Kier alpha value is -2.25. The first-order chi connectivity index (χ1) is 11.1. The van der Waals surface area contributed by atoms with E-state index in [0.717, 1.165) is 10.6 Å². The molecule has 0 unspecified atom stereocenters. The molecule has 1 N–H and O–H groups in total. The lowest BCUT2D eigenvalue weighted by Crippen LogP contribution is -2.07. The number of hydrogen-bond acceptors (Lipinski definition) is 6. The molecule has 23 heavy (non-hydrogen) atoms. The summed E-state index contributed by atoms with van der Waals surface area (Å²) in [5.74, 6) is 0.771. The minimum Gasteiger partial charge on any atom is -0.468 e. The van der Waals surface area contributed by atoms with Crippen LogP contribution in [0, 0.1) is 0 Å². The predicted octanol–water partition coefficient (Wildman–Crippen LogP) is 3.30. The number of nitrogens with zero attached hydrogens (tertiary/aromatic N) is 2. The third-order valence-electron chi connectivity index (χ3n) is 2.82. The fourth-order valence-corrected chi connectivity index (χ4v) is 2.39. The van der Waals surface area contributed by atoms with Crippen LogP contribution in [0.15, 0.2) is 30.3 Å². The van der Waals surface area contributed by atoms with Crippen molar-refractivity contribution in [2.24, 2.45) is 0 Å². The maximum absolute atomic E-state index is 11.9. The molecular formula is C16H19N3O3S. The van der Waals surface area contributed by atoms with E-state index in [0.29, 0.717) is 16.8 Å². The summed E-state index contributed by atoms with van der Waals surface area (Å²) in [6, 6.07) is 7.35. The number of ether oxygens (including phenoxy) is 2. The van der Waals surface area contributed by atoms with E-state index in [4.69, 9.17) is 9.47 Å². The van der Waals surface area contributed by atoms with Crippen LogP contribution < -0.4 is 10.1 Å². The van der Waals surface area contributed by atoms with Gasteiger partial charge in [-0.1, -0.05) is 37.3 Å². The van der Waals surface area contributed by atoms with E-state index in [1.165, 1.54) is 17.4 Å². The van der Waals surface area contributed by atoms with E-state index in [1.807, 2.05) is 38.1 Å². The molecule has 1 heterocycles. The number of benzene rings is 1. The van der Waals surface area contributed by atoms with Crippen molar-refractivity contribution in [3.8, 4) is 5.75 Å². The SMILES string of the molecule is COCOc1ccc(/C=C/C(=O)Nc2nnc(C(C)C)s2)cc1. The highest BCUT2D eigenvalue weighted by molar-refractivity contribution is 7.15. The molecule has 0 atom stereocenters. The highest BCUT2D eigenvalue weighted by Gasteiger charge is 2.08.